The Kier molecular flexibility index (Phi) is 4.33. The minimum Gasteiger partial charge on any atom is -0.352 e. The number of rotatable bonds is 5. The molecule has 1 aliphatic heterocycles. The summed E-state index contributed by atoms with van der Waals surface area (Å²) in [6.07, 6.45) is 1.15. The zero-order valence-electron chi connectivity index (χ0n) is 13.2. The van der Waals surface area contributed by atoms with Crippen molar-refractivity contribution in [1.29, 1.82) is 0 Å². The first-order chi connectivity index (χ1) is 10.9. The number of aryl methyl sites for hydroxylation is 1. The molecule has 124 valence electrons. The summed E-state index contributed by atoms with van der Waals surface area (Å²) >= 11 is 1.49. The van der Waals surface area contributed by atoms with E-state index in [0.717, 1.165) is 20.7 Å². The molecular weight excluding hydrogens is 332 g/mol. The minimum absolute atomic E-state index is 0.00286. The summed E-state index contributed by atoms with van der Waals surface area (Å²) < 4.78 is 27.8. The largest absolute Gasteiger partial charge is 0.352 e. The van der Waals surface area contributed by atoms with E-state index in [2.05, 4.69) is 5.32 Å². The fourth-order valence-electron chi connectivity index (χ4n) is 2.89. The Balaban J connectivity index is 2.03. The van der Waals surface area contributed by atoms with Crippen molar-refractivity contribution in [2.75, 3.05) is 16.6 Å². The van der Waals surface area contributed by atoms with Gasteiger partial charge in [-0.3, -0.25) is 9.10 Å². The quantitative estimate of drug-likeness (QED) is 0.899. The van der Waals surface area contributed by atoms with Crippen LogP contribution in [0.1, 0.15) is 25.3 Å². The van der Waals surface area contributed by atoms with Crippen molar-refractivity contribution in [3.8, 4) is 0 Å². The van der Waals surface area contributed by atoms with Gasteiger partial charge in [0.2, 0.25) is 15.9 Å². The summed E-state index contributed by atoms with van der Waals surface area (Å²) in [7, 11) is -3.40. The van der Waals surface area contributed by atoms with Gasteiger partial charge in [0.05, 0.1) is 12.3 Å². The van der Waals surface area contributed by atoms with Crippen LogP contribution >= 0.6 is 11.3 Å². The molecule has 1 atom stereocenters. The predicted molar refractivity (Wildman–Crippen MR) is 94.5 cm³/mol. The second kappa shape index (κ2) is 6.13. The average molecular weight is 352 g/mol. The molecule has 2 aromatic rings. The lowest BCUT2D eigenvalue weighted by molar-refractivity contribution is -0.119. The zero-order valence-corrected chi connectivity index (χ0v) is 14.8. The average Bonchev–Trinajstić information content (AvgIpc) is 3.09. The molecule has 2 heterocycles. The summed E-state index contributed by atoms with van der Waals surface area (Å²) in [4.78, 5) is 11.4. The number of sulfonamides is 1. The molecule has 1 unspecified atom stereocenters. The fraction of sp³-hybridized carbons (Fsp3) is 0.438. The van der Waals surface area contributed by atoms with Gasteiger partial charge in [-0.2, -0.15) is 0 Å². The Morgan fingerprint density at radius 2 is 2.09 bits per heavy atom. The fourth-order valence-corrected chi connectivity index (χ4v) is 5.58. The van der Waals surface area contributed by atoms with E-state index in [4.69, 9.17) is 0 Å². The first kappa shape index (κ1) is 16.3. The van der Waals surface area contributed by atoms with Crippen LogP contribution in [-0.2, 0) is 14.8 Å². The van der Waals surface area contributed by atoms with E-state index in [9.17, 15) is 13.2 Å². The van der Waals surface area contributed by atoms with Crippen LogP contribution in [0.4, 0.5) is 5.00 Å². The number of hydrogen-bond acceptors (Lipinski definition) is 4. The zero-order chi connectivity index (χ0) is 16.6. The van der Waals surface area contributed by atoms with Crippen molar-refractivity contribution in [2.45, 2.75) is 32.7 Å². The van der Waals surface area contributed by atoms with Gasteiger partial charge in [0.1, 0.15) is 5.00 Å². The number of hydrogen-bond donors (Lipinski definition) is 1. The molecular formula is C16H20N2O3S2. The van der Waals surface area contributed by atoms with Gasteiger partial charge in [0, 0.05) is 17.2 Å². The van der Waals surface area contributed by atoms with E-state index < -0.39 is 10.0 Å². The maximum atomic E-state index is 12.6. The maximum Gasteiger partial charge on any atom is 0.235 e. The van der Waals surface area contributed by atoms with Crippen molar-refractivity contribution in [3.05, 3.63) is 29.8 Å². The Labute approximate surface area is 140 Å². The normalized spacial score (nSPS) is 18.3. The number of benzene rings is 1. The van der Waals surface area contributed by atoms with Gasteiger partial charge in [-0.25, -0.2) is 8.42 Å². The monoisotopic (exact) mass is 352 g/mol. The lowest BCUT2D eigenvalue weighted by Crippen LogP contribution is -2.42. The Hall–Kier alpha value is -1.60. The van der Waals surface area contributed by atoms with Crippen LogP contribution < -0.4 is 9.62 Å². The van der Waals surface area contributed by atoms with Crippen LogP contribution in [-0.4, -0.2) is 32.7 Å². The summed E-state index contributed by atoms with van der Waals surface area (Å²) in [6, 6.07) is 7.82. The first-order valence-corrected chi connectivity index (χ1v) is 10.1. The Morgan fingerprint density at radius 3 is 2.70 bits per heavy atom. The highest BCUT2D eigenvalue weighted by Gasteiger charge is 2.30. The van der Waals surface area contributed by atoms with Crippen LogP contribution in [0.15, 0.2) is 24.3 Å². The standard InChI is InChI=1S/C16H20N2O3S2/c1-3-23(20,21)18(10-12-8-9-15(19)17-12)16-11(2)13-6-4-5-7-14(13)22-16/h4-7,12H,3,8-10H2,1-2H3,(H,17,19). The number of thiophene rings is 1. The molecule has 0 aliphatic carbocycles. The van der Waals surface area contributed by atoms with Gasteiger partial charge in [-0.1, -0.05) is 18.2 Å². The summed E-state index contributed by atoms with van der Waals surface area (Å²) in [5.74, 6) is 0.0401. The smallest absolute Gasteiger partial charge is 0.235 e. The molecule has 23 heavy (non-hydrogen) atoms. The summed E-state index contributed by atoms with van der Waals surface area (Å²) in [6.45, 7) is 3.91. The topological polar surface area (TPSA) is 66.5 Å². The third-order valence-electron chi connectivity index (χ3n) is 4.22. The number of nitrogens with one attached hydrogen (secondary N) is 1. The molecule has 1 aromatic carbocycles. The van der Waals surface area contributed by atoms with Gasteiger partial charge in [0.15, 0.2) is 0 Å². The molecule has 1 fully saturated rings. The van der Waals surface area contributed by atoms with Crippen LogP contribution in [0.2, 0.25) is 0 Å². The van der Waals surface area contributed by atoms with Crippen molar-refractivity contribution >= 4 is 42.4 Å². The number of nitrogens with zero attached hydrogens (tertiary/aromatic N) is 1. The minimum atomic E-state index is -3.40. The van der Waals surface area contributed by atoms with Gasteiger partial charge < -0.3 is 5.32 Å². The second-order valence-corrected chi connectivity index (χ2v) is 8.98. The molecule has 0 saturated carbocycles. The highest BCUT2D eigenvalue weighted by molar-refractivity contribution is 7.93. The lowest BCUT2D eigenvalue weighted by Gasteiger charge is -2.26. The van der Waals surface area contributed by atoms with Crippen LogP contribution in [0.5, 0.6) is 0 Å². The van der Waals surface area contributed by atoms with Crippen molar-refractivity contribution in [3.63, 3.8) is 0 Å². The molecule has 0 radical (unpaired) electrons. The van der Waals surface area contributed by atoms with E-state index in [-0.39, 0.29) is 17.7 Å². The molecule has 3 rings (SSSR count). The Bertz CT molecular complexity index is 842. The highest BCUT2D eigenvalue weighted by atomic mass is 32.2. The summed E-state index contributed by atoms with van der Waals surface area (Å²) in [5, 5.41) is 4.70. The van der Waals surface area contributed by atoms with Crippen molar-refractivity contribution in [2.24, 2.45) is 0 Å². The predicted octanol–water partition coefficient (Wildman–Crippen LogP) is 2.64. The molecule has 1 aliphatic rings. The molecule has 1 amide bonds. The van der Waals surface area contributed by atoms with Gasteiger partial charge >= 0.3 is 0 Å². The Morgan fingerprint density at radius 1 is 1.35 bits per heavy atom. The van der Waals surface area contributed by atoms with Gasteiger partial charge in [0.25, 0.3) is 0 Å². The SMILES string of the molecule is CCS(=O)(=O)N(CC1CCC(=O)N1)c1sc2ccccc2c1C. The van der Waals surface area contributed by atoms with Gasteiger partial charge in [-0.15, -0.1) is 11.3 Å². The van der Waals surface area contributed by atoms with E-state index >= 15 is 0 Å². The van der Waals surface area contributed by atoms with E-state index in [1.54, 1.807) is 6.92 Å². The van der Waals surface area contributed by atoms with Crippen molar-refractivity contribution < 1.29 is 13.2 Å². The number of fused-ring (bicyclic) bond motifs is 1. The third kappa shape index (κ3) is 3.07. The van der Waals surface area contributed by atoms with E-state index in [1.165, 1.54) is 15.6 Å². The van der Waals surface area contributed by atoms with E-state index in [1.807, 2.05) is 31.2 Å². The molecule has 5 nitrogen and oxygen atoms in total. The highest BCUT2D eigenvalue weighted by Crippen LogP contribution is 2.39. The number of amides is 1. The molecule has 1 N–H and O–H groups in total. The lowest BCUT2D eigenvalue weighted by atomic mass is 10.2. The maximum absolute atomic E-state index is 12.6. The molecule has 1 saturated heterocycles. The molecule has 7 heteroatoms. The third-order valence-corrected chi connectivity index (χ3v) is 7.36. The molecule has 0 spiro atoms. The first-order valence-electron chi connectivity index (χ1n) is 7.70. The van der Waals surface area contributed by atoms with E-state index in [0.29, 0.717) is 19.4 Å². The van der Waals surface area contributed by atoms with Crippen LogP contribution in [0.25, 0.3) is 10.1 Å². The second-order valence-electron chi connectivity index (χ2n) is 5.76. The number of carbonyl (C=O) groups is 1. The molecule has 1 aromatic heterocycles. The van der Waals surface area contributed by atoms with Crippen molar-refractivity contribution in [1.82, 2.24) is 5.32 Å². The van der Waals surface area contributed by atoms with Gasteiger partial charge in [-0.05, 0) is 37.3 Å². The summed E-state index contributed by atoms with van der Waals surface area (Å²) in [5.41, 5.74) is 0.979. The van der Waals surface area contributed by atoms with Crippen LogP contribution in [0, 0.1) is 6.92 Å². The number of anilines is 1. The molecule has 0 bridgehead atoms. The van der Waals surface area contributed by atoms with Crippen LogP contribution in [0.3, 0.4) is 0 Å². The number of carbonyl (C=O) groups excluding carboxylic acids is 1.